The first kappa shape index (κ1) is 16.6. The number of amides is 1. The minimum atomic E-state index is -0.325. The van der Waals surface area contributed by atoms with Crippen LogP contribution >= 0.6 is 27.3 Å². The third-order valence-electron chi connectivity index (χ3n) is 4.17. The predicted molar refractivity (Wildman–Crippen MR) is 97.2 cm³/mol. The molecule has 1 aliphatic rings. The molecule has 6 heteroatoms. The quantitative estimate of drug-likeness (QED) is 0.849. The second-order valence-electron chi connectivity index (χ2n) is 5.73. The molecule has 2 aromatic rings. The summed E-state index contributed by atoms with van der Waals surface area (Å²) in [6, 6.07) is 13.8. The molecule has 0 aliphatic carbocycles. The van der Waals surface area contributed by atoms with Gasteiger partial charge in [-0.05, 0) is 33.6 Å². The highest BCUT2D eigenvalue weighted by atomic mass is 79.9. The van der Waals surface area contributed by atoms with E-state index in [1.54, 1.807) is 11.3 Å². The first-order chi connectivity index (χ1) is 11.1. The summed E-state index contributed by atoms with van der Waals surface area (Å²) in [6.07, 6.45) is 0. The van der Waals surface area contributed by atoms with Gasteiger partial charge in [0.2, 0.25) is 5.91 Å². The van der Waals surface area contributed by atoms with Crippen LogP contribution in [-0.4, -0.2) is 41.9 Å². The predicted octanol–water partition coefficient (Wildman–Crippen LogP) is 2.85. The number of nitrogens with zero attached hydrogens (tertiary/aromatic N) is 2. The molecular formula is C17H20BrN3OS. The molecule has 4 nitrogen and oxygen atoms in total. The summed E-state index contributed by atoms with van der Waals surface area (Å²) in [7, 11) is 0. The fourth-order valence-electron chi connectivity index (χ4n) is 3.03. The van der Waals surface area contributed by atoms with Crippen molar-refractivity contribution >= 4 is 33.2 Å². The SMILES string of the molecule is NC(=O)[C@@H](c1ccccc1)N1CCN(Cc2ccc(Br)s2)CC1. The van der Waals surface area contributed by atoms with Crippen LogP contribution in [0.4, 0.5) is 0 Å². The van der Waals surface area contributed by atoms with E-state index in [-0.39, 0.29) is 11.9 Å². The van der Waals surface area contributed by atoms with Crippen molar-refractivity contribution in [3.63, 3.8) is 0 Å². The van der Waals surface area contributed by atoms with Gasteiger partial charge in [0.25, 0.3) is 0 Å². The lowest BCUT2D eigenvalue weighted by molar-refractivity contribution is -0.124. The molecule has 1 atom stereocenters. The second kappa shape index (κ2) is 7.57. The highest BCUT2D eigenvalue weighted by Gasteiger charge is 2.28. The molecular weight excluding hydrogens is 374 g/mol. The number of carbonyl (C=O) groups is 1. The average Bonchev–Trinajstić information content (AvgIpc) is 2.95. The lowest BCUT2D eigenvalue weighted by atomic mass is 10.0. The molecule has 1 aliphatic heterocycles. The van der Waals surface area contributed by atoms with E-state index in [2.05, 4.69) is 37.9 Å². The van der Waals surface area contributed by atoms with Gasteiger partial charge in [0.15, 0.2) is 0 Å². The summed E-state index contributed by atoms with van der Waals surface area (Å²) in [6.45, 7) is 4.58. The minimum Gasteiger partial charge on any atom is -0.368 e. The summed E-state index contributed by atoms with van der Waals surface area (Å²) >= 11 is 5.29. The zero-order valence-corrected chi connectivity index (χ0v) is 15.2. The minimum absolute atomic E-state index is 0.271. The number of thiophene rings is 1. The zero-order valence-electron chi connectivity index (χ0n) is 12.8. The van der Waals surface area contributed by atoms with Crippen LogP contribution in [0.1, 0.15) is 16.5 Å². The molecule has 1 fully saturated rings. The maximum atomic E-state index is 11.9. The largest absolute Gasteiger partial charge is 0.368 e. The normalized spacial score (nSPS) is 18.0. The zero-order chi connectivity index (χ0) is 16.2. The Labute approximate surface area is 149 Å². The number of rotatable bonds is 5. The van der Waals surface area contributed by atoms with Crippen LogP contribution < -0.4 is 5.73 Å². The van der Waals surface area contributed by atoms with Crippen molar-refractivity contribution in [1.82, 2.24) is 9.80 Å². The summed E-state index contributed by atoms with van der Waals surface area (Å²) in [5.41, 5.74) is 6.64. The number of nitrogens with two attached hydrogens (primary N) is 1. The highest BCUT2D eigenvalue weighted by molar-refractivity contribution is 9.11. The van der Waals surface area contributed by atoms with Gasteiger partial charge in [-0.2, -0.15) is 0 Å². The van der Waals surface area contributed by atoms with Gasteiger partial charge in [0, 0.05) is 37.6 Å². The first-order valence-electron chi connectivity index (χ1n) is 7.68. The second-order valence-corrected chi connectivity index (χ2v) is 8.28. The maximum absolute atomic E-state index is 11.9. The molecule has 3 rings (SSSR count). The molecule has 1 aromatic heterocycles. The maximum Gasteiger partial charge on any atom is 0.239 e. The van der Waals surface area contributed by atoms with Gasteiger partial charge in [-0.15, -0.1) is 11.3 Å². The Kier molecular flexibility index (Phi) is 5.48. The molecule has 0 bridgehead atoms. The van der Waals surface area contributed by atoms with Crippen molar-refractivity contribution in [2.24, 2.45) is 5.73 Å². The summed E-state index contributed by atoms with van der Waals surface area (Å²) in [5, 5.41) is 0. The van der Waals surface area contributed by atoms with E-state index in [4.69, 9.17) is 5.73 Å². The van der Waals surface area contributed by atoms with Crippen LogP contribution in [0.25, 0.3) is 0 Å². The number of hydrogen-bond donors (Lipinski definition) is 1. The molecule has 23 heavy (non-hydrogen) atoms. The number of carbonyl (C=O) groups excluding carboxylic acids is 1. The van der Waals surface area contributed by atoms with Crippen LogP contribution in [0, 0.1) is 0 Å². The van der Waals surface area contributed by atoms with Gasteiger partial charge in [0.05, 0.1) is 3.79 Å². The Balaban J connectivity index is 1.61. The van der Waals surface area contributed by atoms with Crippen LogP contribution in [0.15, 0.2) is 46.3 Å². The Morgan fingerprint density at radius 1 is 1.13 bits per heavy atom. The Hall–Kier alpha value is -1.21. The Bertz CT molecular complexity index is 653. The molecule has 0 radical (unpaired) electrons. The molecule has 1 aromatic carbocycles. The van der Waals surface area contributed by atoms with Crippen LogP contribution in [-0.2, 0) is 11.3 Å². The molecule has 0 saturated carbocycles. The van der Waals surface area contributed by atoms with Crippen molar-refractivity contribution < 1.29 is 4.79 Å². The van der Waals surface area contributed by atoms with Crippen LogP contribution in [0.2, 0.25) is 0 Å². The van der Waals surface area contributed by atoms with E-state index >= 15 is 0 Å². The Morgan fingerprint density at radius 2 is 1.83 bits per heavy atom. The molecule has 2 heterocycles. The van der Waals surface area contributed by atoms with Gasteiger partial charge in [-0.25, -0.2) is 0 Å². The average molecular weight is 394 g/mol. The fraction of sp³-hybridized carbons (Fsp3) is 0.353. The molecule has 122 valence electrons. The van der Waals surface area contributed by atoms with Crippen LogP contribution in [0.5, 0.6) is 0 Å². The van der Waals surface area contributed by atoms with E-state index < -0.39 is 0 Å². The summed E-state index contributed by atoms with van der Waals surface area (Å²) in [4.78, 5) is 17.9. The van der Waals surface area contributed by atoms with E-state index in [0.29, 0.717) is 0 Å². The number of halogens is 1. The van der Waals surface area contributed by atoms with Crippen molar-refractivity contribution in [3.8, 4) is 0 Å². The number of hydrogen-bond acceptors (Lipinski definition) is 4. The monoisotopic (exact) mass is 393 g/mol. The van der Waals surface area contributed by atoms with Crippen molar-refractivity contribution in [2.45, 2.75) is 12.6 Å². The smallest absolute Gasteiger partial charge is 0.239 e. The third kappa shape index (κ3) is 4.20. The van der Waals surface area contributed by atoms with E-state index in [1.165, 1.54) is 8.66 Å². The lowest BCUT2D eigenvalue weighted by Crippen LogP contribution is -2.49. The van der Waals surface area contributed by atoms with Crippen LogP contribution in [0.3, 0.4) is 0 Å². The molecule has 0 unspecified atom stereocenters. The van der Waals surface area contributed by atoms with Gasteiger partial charge in [0.1, 0.15) is 6.04 Å². The standard InChI is InChI=1S/C17H20BrN3OS/c18-15-7-6-14(23-15)12-20-8-10-21(11-9-20)16(17(19)22)13-4-2-1-3-5-13/h1-7,16H,8-12H2,(H2,19,22)/t16-/m1/s1. The van der Waals surface area contributed by atoms with Crippen molar-refractivity contribution in [1.29, 1.82) is 0 Å². The van der Waals surface area contributed by atoms with E-state index in [9.17, 15) is 4.79 Å². The van der Waals surface area contributed by atoms with Crippen molar-refractivity contribution in [3.05, 3.63) is 56.7 Å². The number of piperazine rings is 1. The molecule has 1 amide bonds. The number of primary amides is 1. The molecule has 0 spiro atoms. The topological polar surface area (TPSA) is 49.6 Å². The van der Waals surface area contributed by atoms with Gasteiger partial charge in [-0.1, -0.05) is 30.3 Å². The summed E-state index contributed by atoms with van der Waals surface area (Å²) in [5.74, 6) is -0.271. The van der Waals surface area contributed by atoms with E-state index in [0.717, 1.165) is 38.3 Å². The highest BCUT2D eigenvalue weighted by Crippen LogP contribution is 2.25. The number of benzene rings is 1. The summed E-state index contributed by atoms with van der Waals surface area (Å²) < 4.78 is 1.17. The van der Waals surface area contributed by atoms with Gasteiger partial charge < -0.3 is 5.73 Å². The van der Waals surface area contributed by atoms with E-state index in [1.807, 2.05) is 30.3 Å². The molecule has 2 N–H and O–H groups in total. The van der Waals surface area contributed by atoms with Gasteiger partial charge in [-0.3, -0.25) is 14.6 Å². The molecule has 1 saturated heterocycles. The third-order valence-corrected chi connectivity index (χ3v) is 5.77. The van der Waals surface area contributed by atoms with Crippen molar-refractivity contribution in [2.75, 3.05) is 26.2 Å². The lowest BCUT2D eigenvalue weighted by Gasteiger charge is -2.38. The van der Waals surface area contributed by atoms with Gasteiger partial charge >= 0.3 is 0 Å². The Morgan fingerprint density at radius 3 is 2.39 bits per heavy atom. The fourth-order valence-corrected chi connectivity index (χ4v) is 4.55. The first-order valence-corrected chi connectivity index (χ1v) is 9.29.